The van der Waals surface area contributed by atoms with E-state index in [1.165, 1.54) is 12.8 Å². The van der Waals surface area contributed by atoms with Crippen LogP contribution in [0, 0.1) is 12.8 Å². The molecule has 21 heavy (non-hydrogen) atoms. The molecule has 0 unspecified atom stereocenters. The average Bonchev–Trinajstić information content (AvgIpc) is 3.31. The third kappa shape index (κ3) is 3.07. The van der Waals surface area contributed by atoms with Gasteiger partial charge in [0, 0.05) is 17.8 Å². The average molecular weight is 280 g/mol. The highest BCUT2D eigenvalue weighted by Gasteiger charge is 2.22. The van der Waals surface area contributed by atoms with E-state index in [0.717, 1.165) is 23.2 Å². The highest BCUT2D eigenvalue weighted by Crippen LogP contribution is 2.30. The molecular weight excluding hydrogens is 260 g/mol. The van der Waals surface area contributed by atoms with Crippen LogP contribution in [0.25, 0.3) is 11.1 Å². The summed E-state index contributed by atoms with van der Waals surface area (Å²) >= 11 is 0. The van der Waals surface area contributed by atoms with Crippen molar-refractivity contribution in [3.63, 3.8) is 0 Å². The van der Waals surface area contributed by atoms with Gasteiger partial charge in [0.05, 0.1) is 0 Å². The van der Waals surface area contributed by atoms with Crippen LogP contribution in [0.3, 0.4) is 0 Å². The Balaban J connectivity index is 1.94. The molecule has 0 spiro atoms. The predicted molar refractivity (Wildman–Crippen MR) is 86.1 cm³/mol. The first kappa shape index (κ1) is 13.7. The summed E-state index contributed by atoms with van der Waals surface area (Å²) in [4.78, 5) is 12.4. The van der Waals surface area contributed by atoms with E-state index in [0.29, 0.717) is 17.2 Å². The van der Waals surface area contributed by atoms with Crippen molar-refractivity contribution in [1.82, 2.24) is 5.32 Å². The maximum Gasteiger partial charge on any atom is 0.251 e. The molecule has 1 fully saturated rings. The zero-order valence-electron chi connectivity index (χ0n) is 12.2. The van der Waals surface area contributed by atoms with E-state index >= 15 is 0 Å². The van der Waals surface area contributed by atoms with Crippen LogP contribution in [-0.2, 0) is 0 Å². The van der Waals surface area contributed by atoms with Crippen LogP contribution >= 0.6 is 0 Å². The first-order chi connectivity index (χ1) is 10.1. The van der Waals surface area contributed by atoms with Crippen LogP contribution in [0.2, 0.25) is 0 Å². The Bertz CT molecular complexity index is 675. The zero-order chi connectivity index (χ0) is 14.8. The van der Waals surface area contributed by atoms with Crippen molar-refractivity contribution in [2.75, 3.05) is 12.3 Å². The minimum Gasteiger partial charge on any atom is -0.399 e. The van der Waals surface area contributed by atoms with Crippen LogP contribution in [0.15, 0.2) is 42.5 Å². The van der Waals surface area contributed by atoms with Crippen molar-refractivity contribution < 1.29 is 4.79 Å². The number of nitrogen functional groups attached to an aromatic ring is 1. The number of aryl methyl sites for hydroxylation is 1. The van der Waals surface area contributed by atoms with Crippen LogP contribution in [0.4, 0.5) is 5.69 Å². The Morgan fingerprint density at radius 2 is 1.95 bits per heavy atom. The van der Waals surface area contributed by atoms with Crippen molar-refractivity contribution in [2.45, 2.75) is 19.8 Å². The SMILES string of the molecule is Cc1ccc(N)cc1-c1ccccc1C(=O)NCC1CC1. The molecule has 0 aromatic heterocycles. The Hall–Kier alpha value is -2.29. The number of benzene rings is 2. The molecule has 3 N–H and O–H groups in total. The second-order valence-corrected chi connectivity index (χ2v) is 5.77. The Labute approximate surface area is 125 Å². The summed E-state index contributed by atoms with van der Waals surface area (Å²) in [6.45, 7) is 2.82. The zero-order valence-corrected chi connectivity index (χ0v) is 12.2. The number of rotatable bonds is 4. The molecule has 108 valence electrons. The molecule has 0 bridgehead atoms. The molecule has 0 aliphatic heterocycles. The number of hydrogen-bond donors (Lipinski definition) is 2. The highest BCUT2D eigenvalue weighted by atomic mass is 16.1. The maximum atomic E-state index is 12.4. The smallest absolute Gasteiger partial charge is 0.251 e. The molecule has 0 radical (unpaired) electrons. The molecule has 3 rings (SSSR count). The van der Waals surface area contributed by atoms with Gasteiger partial charge in [-0.15, -0.1) is 0 Å². The van der Waals surface area contributed by atoms with Crippen molar-refractivity contribution in [3.8, 4) is 11.1 Å². The van der Waals surface area contributed by atoms with Gasteiger partial charge < -0.3 is 11.1 Å². The minimum atomic E-state index is -0.000625. The van der Waals surface area contributed by atoms with Gasteiger partial charge in [-0.3, -0.25) is 4.79 Å². The summed E-state index contributed by atoms with van der Waals surface area (Å²) in [6, 6.07) is 13.5. The van der Waals surface area contributed by atoms with E-state index in [9.17, 15) is 4.79 Å². The lowest BCUT2D eigenvalue weighted by Crippen LogP contribution is -2.26. The Morgan fingerprint density at radius 3 is 2.71 bits per heavy atom. The fourth-order valence-corrected chi connectivity index (χ4v) is 2.50. The summed E-state index contributed by atoms with van der Waals surface area (Å²) in [5, 5.41) is 3.03. The molecule has 1 saturated carbocycles. The van der Waals surface area contributed by atoms with Crippen LogP contribution in [0.1, 0.15) is 28.8 Å². The summed E-state index contributed by atoms with van der Waals surface area (Å²) in [5.74, 6) is 0.676. The van der Waals surface area contributed by atoms with E-state index in [-0.39, 0.29) is 5.91 Å². The molecule has 2 aromatic rings. The third-order valence-electron chi connectivity index (χ3n) is 3.97. The lowest BCUT2D eigenvalue weighted by Gasteiger charge is -2.13. The highest BCUT2D eigenvalue weighted by molar-refractivity contribution is 6.01. The predicted octanol–water partition coefficient (Wildman–Crippen LogP) is 3.38. The molecule has 1 aliphatic carbocycles. The second-order valence-electron chi connectivity index (χ2n) is 5.77. The van der Waals surface area contributed by atoms with Gasteiger partial charge in [-0.05, 0) is 60.6 Å². The number of hydrogen-bond acceptors (Lipinski definition) is 2. The van der Waals surface area contributed by atoms with Crippen molar-refractivity contribution in [1.29, 1.82) is 0 Å². The summed E-state index contributed by atoms with van der Waals surface area (Å²) < 4.78 is 0. The molecular formula is C18H20N2O. The van der Waals surface area contributed by atoms with Gasteiger partial charge in [0.1, 0.15) is 0 Å². The molecule has 3 heteroatoms. The van der Waals surface area contributed by atoms with Crippen molar-refractivity contribution in [2.24, 2.45) is 5.92 Å². The number of carbonyl (C=O) groups excluding carboxylic acids is 1. The van der Waals surface area contributed by atoms with E-state index in [2.05, 4.69) is 5.32 Å². The number of anilines is 1. The summed E-state index contributed by atoms with van der Waals surface area (Å²) in [7, 11) is 0. The number of amides is 1. The van der Waals surface area contributed by atoms with Crippen LogP contribution < -0.4 is 11.1 Å². The third-order valence-corrected chi connectivity index (χ3v) is 3.97. The van der Waals surface area contributed by atoms with Crippen molar-refractivity contribution in [3.05, 3.63) is 53.6 Å². The Morgan fingerprint density at radius 1 is 1.19 bits per heavy atom. The van der Waals surface area contributed by atoms with Gasteiger partial charge >= 0.3 is 0 Å². The molecule has 0 saturated heterocycles. The van der Waals surface area contributed by atoms with Gasteiger partial charge in [0.25, 0.3) is 5.91 Å². The number of nitrogens with one attached hydrogen (secondary N) is 1. The van der Waals surface area contributed by atoms with Gasteiger partial charge in [-0.2, -0.15) is 0 Å². The van der Waals surface area contributed by atoms with Gasteiger partial charge in [-0.1, -0.05) is 24.3 Å². The van der Waals surface area contributed by atoms with E-state index in [1.54, 1.807) is 0 Å². The largest absolute Gasteiger partial charge is 0.399 e. The fourth-order valence-electron chi connectivity index (χ4n) is 2.50. The summed E-state index contributed by atoms with van der Waals surface area (Å²) in [5.41, 5.74) is 10.4. The molecule has 2 aromatic carbocycles. The van der Waals surface area contributed by atoms with Crippen LogP contribution in [-0.4, -0.2) is 12.5 Å². The minimum absolute atomic E-state index is 0.000625. The molecule has 0 heterocycles. The second kappa shape index (κ2) is 5.60. The number of nitrogens with two attached hydrogens (primary N) is 1. The normalized spacial score (nSPS) is 14.0. The monoisotopic (exact) mass is 280 g/mol. The van der Waals surface area contributed by atoms with Gasteiger partial charge in [-0.25, -0.2) is 0 Å². The molecule has 1 aliphatic rings. The van der Waals surface area contributed by atoms with E-state index < -0.39 is 0 Å². The lowest BCUT2D eigenvalue weighted by molar-refractivity contribution is 0.0952. The van der Waals surface area contributed by atoms with E-state index in [4.69, 9.17) is 5.73 Å². The number of carbonyl (C=O) groups is 1. The van der Waals surface area contributed by atoms with E-state index in [1.807, 2.05) is 49.4 Å². The first-order valence-corrected chi connectivity index (χ1v) is 7.39. The summed E-state index contributed by atoms with van der Waals surface area (Å²) in [6.07, 6.45) is 2.46. The standard InChI is InChI=1S/C18H20N2O/c1-12-6-9-14(19)10-17(12)15-4-2-3-5-16(15)18(21)20-11-13-7-8-13/h2-6,9-10,13H,7-8,11,19H2,1H3,(H,20,21). The molecule has 3 nitrogen and oxygen atoms in total. The maximum absolute atomic E-state index is 12.4. The topological polar surface area (TPSA) is 55.1 Å². The molecule has 1 amide bonds. The lowest BCUT2D eigenvalue weighted by atomic mass is 9.95. The van der Waals surface area contributed by atoms with Crippen molar-refractivity contribution >= 4 is 11.6 Å². The Kier molecular flexibility index (Phi) is 3.65. The molecule has 0 atom stereocenters. The fraction of sp³-hybridized carbons (Fsp3) is 0.278. The quantitative estimate of drug-likeness (QED) is 0.843. The van der Waals surface area contributed by atoms with Gasteiger partial charge in [0.2, 0.25) is 0 Å². The van der Waals surface area contributed by atoms with Crippen LogP contribution in [0.5, 0.6) is 0 Å². The first-order valence-electron chi connectivity index (χ1n) is 7.39. The van der Waals surface area contributed by atoms with Gasteiger partial charge in [0.15, 0.2) is 0 Å².